The van der Waals surface area contributed by atoms with Crippen molar-refractivity contribution in [1.82, 2.24) is 15.2 Å². The standard InChI is InChI=1S/C26H26Cl3FN4O2/c1-13-10-33(11-14(2)32-13)24-21(30)8-18-23(22(24)29)34(17-5-6-17)12-19(25(18)35)26(36)31-9-15-3-4-16(27)7-20(15)28/h3-4,7-8,12-14,17,32H,5-6,9-11H2,1-2H3,(H,31,36). The molecule has 2 atom stereocenters. The summed E-state index contributed by atoms with van der Waals surface area (Å²) in [5.74, 6) is -1.13. The molecule has 10 heteroatoms. The fraction of sp³-hybridized carbons (Fsp3) is 0.385. The van der Waals surface area contributed by atoms with Crippen molar-refractivity contribution in [2.24, 2.45) is 0 Å². The Morgan fingerprint density at radius 2 is 1.83 bits per heavy atom. The minimum Gasteiger partial charge on any atom is -0.365 e. The van der Waals surface area contributed by atoms with Gasteiger partial charge in [-0.25, -0.2) is 4.39 Å². The number of piperazine rings is 1. The van der Waals surface area contributed by atoms with Crippen LogP contribution in [0.5, 0.6) is 0 Å². The van der Waals surface area contributed by atoms with Crippen molar-refractivity contribution in [3.8, 4) is 0 Å². The Labute approximate surface area is 223 Å². The smallest absolute Gasteiger partial charge is 0.257 e. The predicted octanol–water partition coefficient (Wildman–Crippen LogP) is 5.55. The fourth-order valence-electron chi connectivity index (χ4n) is 4.97. The molecule has 1 aromatic heterocycles. The molecule has 190 valence electrons. The van der Waals surface area contributed by atoms with Crippen molar-refractivity contribution in [3.63, 3.8) is 0 Å². The summed E-state index contributed by atoms with van der Waals surface area (Å²) in [6.45, 7) is 5.38. The van der Waals surface area contributed by atoms with Crippen molar-refractivity contribution < 1.29 is 9.18 Å². The van der Waals surface area contributed by atoms with Crippen LogP contribution in [0, 0.1) is 5.82 Å². The molecule has 1 saturated heterocycles. The van der Waals surface area contributed by atoms with E-state index in [9.17, 15) is 9.59 Å². The largest absolute Gasteiger partial charge is 0.365 e. The van der Waals surface area contributed by atoms with E-state index < -0.39 is 17.2 Å². The minimum absolute atomic E-state index is 0.0629. The lowest BCUT2D eigenvalue weighted by molar-refractivity contribution is 0.0949. The van der Waals surface area contributed by atoms with Crippen LogP contribution in [0.2, 0.25) is 15.1 Å². The van der Waals surface area contributed by atoms with Gasteiger partial charge in [-0.05, 0) is 50.5 Å². The van der Waals surface area contributed by atoms with Crippen molar-refractivity contribution >= 4 is 57.3 Å². The second-order valence-electron chi connectivity index (χ2n) is 9.72. The van der Waals surface area contributed by atoms with Crippen LogP contribution in [0.1, 0.15) is 48.7 Å². The summed E-state index contributed by atoms with van der Waals surface area (Å²) in [4.78, 5) is 28.4. The number of fused-ring (bicyclic) bond motifs is 1. The van der Waals surface area contributed by atoms with Gasteiger partial charge in [0.2, 0.25) is 5.43 Å². The van der Waals surface area contributed by atoms with Crippen LogP contribution >= 0.6 is 34.8 Å². The highest BCUT2D eigenvalue weighted by atomic mass is 35.5. The number of carbonyl (C=O) groups is 1. The quantitative estimate of drug-likeness (QED) is 0.436. The number of hydrogen-bond acceptors (Lipinski definition) is 4. The first kappa shape index (κ1) is 25.3. The fourth-order valence-corrected chi connectivity index (χ4v) is 5.85. The zero-order valence-corrected chi connectivity index (χ0v) is 22.1. The predicted molar refractivity (Wildman–Crippen MR) is 143 cm³/mol. The van der Waals surface area contributed by atoms with E-state index >= 15 is 4.39 Å². The van der Waals surface area contributed by atoms with Gasteiger partial charge in [0.25, 0.3) is 5.91 Å². The minimum atomic E-state index is -0.571. The average molecular weight is 552 g/mol. The molecular weight excluding hydrogens is 526 g/mol. The van der Waals surface area contributed by atoms with Crippen molar-refractivity contribution in [2.45, 2.75) is 51.4 Å². The third-order valence-electron chi connectivity index (χ3n) is 6.70. The molecule has 1 amide bonds. The highest BCUT2D eigenvalue weighted by molar-refractivity contribution is 6.38. The number of anilines is 1. The van der Waals surface area contributed by atoms with Crippen LogP contribution in [-0.2, 0) is 6.54 Å². The monoisotopic (exact) mass is 550 g/mol. The molecule has 2 aliphatic rings. The Morgan fingerprint density at radius 3 is 2.47 bits per heavy atom. The molecule has 5 rings (SSSR count). The summed E-state index contributed by atoms with van der Waals surface area (Å²) < 4.78 is 17.4. The number of hydrogen-bond donors (Lipinski definition) is 2. The Balaban J connectivity index is 1.55. The number of aromatic nitrogens is 1. The van der Waals surface area contributed by atoms with Crippen LogP contribution < -0.4 is 21.0 Å². The second-order valence-corrected chi connectivity index (χ2v) is 10.9. The molecule has 1 aliphatic carbocycles. The van der Waals surface area contributed by atoms with E-state index in [4.69, 9.17) is 34.8 Å². The molecule has 6 nitrogen and oxygen atoms in total. The molecule has 2 unspecified atom stereocenters. The van der Waals surface area contributed by atoms with Crippen LogP contribution in [0.15, 0.2) is 35.3 Å². The molecule has 2 heterocycles. The van der Waals surface area contributed by atoms with Crippen molar-refractivity contribution in [3.05, 3.63) is 72.7 Å². The van der Waals surface area contributed by atoms with Gasteiger partial charge in [0, 0.05) is 54.0 Å². The van der Waals surface area contributed by atoms with Crippen molar-refractivity contribution in [1.29, 1.82) is 0 Å². The summed E-state index contributed by atoms with van der Waals surface area (Å²) >= 11 is 19.0. The second kappa shape index (κ2) is 9.86. The molecule has 0 spiro atoms. The van der Waals surface area contributed by atoms with E-state index in [1.165, 1.54) is 6.07 Å². The van der Waals surface area contributed by atoms with Gasteiger partial charge >= 0.3 is 0 Å². The number of amides is 1. The van der Waals surface area contributed by atoms with Crippen molar-refractivity contribution in [2.75, 3.05) is 18.0 Å². The van der Waals surface area contributed by atoms with E-state index in [-0.39, 0.29) is 40.6 Å². The Hall–Kier alpha value is -2.32. The van der Waals surface area contributed by atoms with Crippen LogP contribution in [0.25, 0.3) is 10.9 Å². The molecule has 3 aromatic rings. The molecule has 0 bridgehead atoms. The Kier molecular flexibility index (Phi) is 6.94. The molecule has 0 radical (unpaired) electrons. The number of carbonyl (C=O) groups excluding carboxylic acids is 1. The zero-order valence-electron chi connectivity index (χ0n) is 19.9. The van der Waals surface area contributed by atoms with E-state index in [1.54, 1.807) is 24.4 Å². The number of nitrogens with zero attached hydrogens (tertiary/aromatic N) is 2. The first-order chi connectivity index (χ1) is 17.1. The molecule has 2 aromatic carbocycles. The average Bonchev–Trinajstić information content (AvgIpc) is 3.64. The third kappa shape index (κ3) is 4.82. The summed E-state index contributed by atoms with van der Waals surface area (Å²) in [6.07, 6.45) is 3.34. The Bertz CT molecular complexity index is 1410. The van der Waals surface area contributed by atoms with Crippen LogP contribution in [-0.4, -0.2) is 35.6 Å². The molecular formula is C26H26Cl3FN4O2. The third-order valence-corrected chi connectivity index (χ3v) is 7.64. The first-order valence-corrected chi connectivity index (χ1v) is 13.1. The summed E-state index contributed by atoms with van der Waals surface area (Å²) in [5, 5.41) is 7.38. The molecule has 1 aliphatic heterocycles. The van der Waals surface area contributed by atoms with E-state index in [1.807, 2.05) is 23.3 Å². The lowest BCUT2D eigenvalue weighted by atomic mass is 10.1. The lowest BCUT2D eigenvalue weighted by Crippen LogP contribution is -2.54. The molecule has 36 heavy (non-hydrogen) atoms. The number of pyridine rings is 1. The van der Waals surface area contributed by atoms with Gasteiger partial charge in [-0.3, -0.25) is 9.59 Å². The van der Waals surface area contributed by atoms with Crippen LogP contribution in [0.4, 0.5) is 10.1 Å². The van der Waals surface area contributed by atoms with Gasteiger partial charge in [-0.2, -0.15) is 0 Å². The summed E-state index contributed by atoms with van der Waals surface area (Å²) in [7, 11) is 0. The number of rotatable bonds is 5. The maximum absolute atomic E-state index is 15.5. The van der Waals surface area contributed by atoms with Gasteiger partial charge in [0.15, 0.2) is 0 Å². The molecule has 1 saturated carbocycles. The van der Waals surface area contributed by atoms with E-state index in [0.717, 1.165) is 12.8 Å². The van der Waals surface area contributed by atoms with Gasteiger partial charge in [-0.15, -0.1) is 0 Å². The van der Waals surface area contributed by atoms with Gasteiger partial charge < -0.3 is 20.1 Å². The molecule has 2 N–H and O–H groups in total. The van der Waals surface area contributed by atoms with E-state index in [0.29, 0.717) is 39.9 Å². The normalized spacial score (nSPS) is 20.1. The number of nitrogens with one attached hydrogen (secondary N) is 2. The molecule has 2 fully saturated rings. The highest BCUT2D eigenvalue weighted by Crippen LogP contribution is 2.42. The highest BCUT2D eigenvalue weighted by Gasteiger charge is 2.32. The number of halogens is 4. The lowest BCUT2D eigenvalue weighted by Gasteiger charge is -2.38. The first-order valence-electron chi connectivity index (χ1n) is 11.9. The summed E-state index contributed by atoms with van der Waals surface area (Å²) in [6, 6.07) is 6.61. The summed E-state index contributed by atoms with van der Waals surface area (Å²) in [5.41, 5.74) is 0.809. The van der Waals surface area contributed by atoms with Crippen LogP contribution in [0.3, 0.4) is 0 Å². The zero-order chi connectivity index (χ0) is 25.7. The van der Waals surface area contributed by atoms with E-state index in [2.05, 4.69) is 10.6 Å². The number of benzene rings is 2. The Morgan fingerprint density at radius 1 is 1.14 bits per heavy atom. The van der Waals surface area contributed by atoms with Gasteiger partial charge in [0.1, 0.15) is 11.4 Å². The maximum atomic E-state index is 15.5. The maximum Gasteiger partial charge on any atom is 0.257 e. The SMILES string of the molecule is CC1CN(c2c(F)cc3c(=O)c(C(=O)NCc4ccc(Cl)cc4Cl)cn(C4CC4)c3c2Cl)CC(C)N1. The topological polar surface area (TPSA) is 66.4 Å². The van der Waals surface area contributed by atoms with Gasteiger partial charge in [-0.1, -0.05) is 40.9 Å². The van der Waals surface area contributed by atoms with Gasteiger partial charge in [0.05, 0.1) is 21.6 Å².